The minimum absolute atomic E-state index is 0.150. The maximum absolute atomic E-state index is 12.5. The summed E-state index contributed by atoms with van der Waals surface area (Å²) >= 11 is 0. The number of aromatic nitrogens is 4. The Labute approximate surface area is 155 Å². The number of nitrogens with one attached hydrogen (secondary N) is 1. The molecule has 0 bridgehead atoms. The van der Waals surface area contributed by atoms with Crippen molar-refractivity contribution in [3.63, 3.8) is 0 Å². The zero-order valence-corrected chi connectivity index (χ0v) is 15.2. The number of nitrogens with zero attached hydrogens (tertiary/aromatic N) is 4. The first-order chi connectivity index (χ1) is 13.1. The van der Waals surface area contributed by atoms with Gasteiger partial charge in [0, 0.05) is 11.6 Å². The van der Waals surface area contributed by atoms with E-state index in [-0.39, 0.29) is 12.5 Å². The third-order valence-corrected chi connectivity index (χ3v) is 3.87. The van der Waals surface area contributed by atoms with Crippen LogP contribution < -0.4 is 19.5 Å². The van der Waals surface area contributed by atoms with E-state index in [1.54, 1.807) is 30.0 Å². The van der Waals surface area contributed by atoms with E-state index < -0.39 is 0 Å². The fourth-order valence-electron chi connectivity index (χ4n) is 2.44. The largest absolute Gasteiger partial charge is 0.497 e. The normalized spacial score (nSPS) is 10.3. The molecule has 0 saturated heterocycles. The van der Waals surface area contributed by atoms with Crippen molar-refractivity contribution in [2.45, 2.75) is 6.54 Å². The molecule has 3 rings (SSSR count). The number of hydrogen-bond donors (Lipinski definition) is 1. The Kier molecular flexibility index (Phi) is 5.50. The summed E-state index contributed by atoms with van der Waals surface area (Å²) in [5.74, 6) is 1.98. The van der Waals surface area contributed by atoms with Crippen LogP contribution >= 0.6 is 0 Å². The van der Waals surface area contributed by atoms with Gasteiger partial charge < -0.3 is 19.5 Å². The summed E-state index contributed by atoms with van der Waals surface area (Å²) in [7, 11) is 4.65. The van der Waals surface area contributed by atoms with Gasteiger partial charge in [-0.1, -0.05) is 0 Å². The van der Waals surface area contributed by atoms with Crippen molar-refractivity contribution in [3.05, 3.63) is 53.9 Å². The second-order valence-corrected chi connectivity index (χ2v) is 5.49. The molecule has 1 N–H and O–H groups in total. The maximum atomic E-state index is 12.5. The summed E-state index contributed by atoms with van der Waals surface area (Å²) in [5.41, 5.74) is 1.17. The molecular weight excluding hydrogens is 350 g/mol. The number of carbonyl (C=O) groups excluding carboxylic acids is 1. The van der Waals surface area contributed by atoms with Crippen molar-refractivity contribution in [3.8, 4) is 22.9 Å². The third-order valence-electron chi connectivity index (χ3n) is 3.87. The van der Waals surface area contributed by atoms with Gasteiger partial charge in [-0.25, -0.2) is 0 Å². The van der Waals surface area contributed by atoms with Crippen LogP contribution in [0.25, 0.3) is 5.69 Å². The molecule has 0 aliphatic heterocycles. The molecule has 3 aromatic rings. The topological polar surface area (TPSA) is 100 Å². The van der Waals surface area contributed by atoms with Crippen molar-refractivity contribution >= 4 is 5.91 Å². The summed E-state index contributed by atoms with van der Waals surface area (Å²) in [6.07, 6.45) is 0. The number of tetrazole rings is 1. The van der Waals surface area contributed by atoms with Crippen LogP contribution in [0, 0.1) is 0 Å². The van der Waals surface area contributed by atoms with Crippen LogP contribution in [0.3, 0.4) is 0 Å². The molecule has 1 aromatic heterocycles. The van der Waals surface area contributed by atoms with E-state index in [1.165, 1.54) is 14.2 Å². The van der Waals surface area contributed by atoms with Crippen molar-refractivity contribution in [1.29, 1.82) is 0 Å². The Morgan fingerprint density at radius 3 is 2.19 bits per heavy atom. The molecular formula is C18H19N5O4. The monoisotopic (exact) mass is 369 g/mol. The number of benzene rings is 2. The first-order valence-corrected chi connectivity index (χ1v) is 8.07. The fourth-order valence-corrected chi connectivity index (χ4v) is 2.44. The molecule has 0 atom stereocenters. The smallest absolute Gasteiger partial charge is 0.251 e. The Morgan fingerprint density at radius 2 is 1.59 bits per heavy atom. The minimum atomic E-state index is -0.295. The van der Waals surface area contributed by atoms with Gasteiger partial charge in [-0.3, -0.25) is 4.79 Å². The summed E-state index contributed by atoms with van der Waals surface area (Å²) in [5, 5.41) is 14.4. The molecule has 2 aromatic carbocycles. The average Bonchev–Trinajstić information content (AvgIpc) is 3.20. The molecule has 140 valence electrons. The zero-order valence-electron chi connectivity index (χ0n) is 15.2. The molecule has 27 heavy (non-hydrogen) atoms. The van der Waals surface area contributed by atoms with E-state index in [0.29, 0.717) is 22.9 Å². The lowest BCUT2D eigenvalue weighted by molar-refractivity contribution is 0.0949. The lowest BCUT2D eigenvalue weighted by Gasteiger charge is -2.09. The maximum Gasteiger partial charge on any atom is 0.251 e. The van der Waals surface area contributed by atoms with Crippen LogP contribution in [0.15, 0.2) is 42.5 Å². The van der Waals surface area contributed by atoms with Crippen LogP contribution in [0.1, 0.15) is 16.2 Å². The van der Waals surface area contributed by atoms with Crippen LogP contribution in [0.5, 0.6) is 17.2 Å². The van der Waals surface area contributed by atoms with Crippen molar-refractivity contribution < 1.29 is 19.0 Å². The van der Waals surface area contributed by atoms with E-state index >= 15 is 0 Å². The SMILES string of the molecule is COc1ccc(-n2nnnc2CNC(=O)c2cc(OC)cc(OC)c2)cc1. The number of amides is 1. The Hall–Kier alpha value is -3.62. The highest BCUT2D eigenvalue weighted by Crippen LogP contribution is 2.22. The standard InChI is InChI=1S/C18H19N5O4/c1-25-14-6-4-13(5-7-14)23-17(20-21-22-23)11-19-18(24)12-8-15(26-2)10-16(9-12)27-3/h4-10H,11H2,1-3H3,(H,19,24). The van der Waals surface area contributed by atoms with Crippen LogP contribution in [0.2, 0.25) is 0 Å². The van der Waals surface area contributed by atoms with Crippen LogP contribution in [0.4, 0.5) is 0 Å². The van der Waals surface area contributed by atoms with Gasteiger partial charge in [-0.05, 0) is 46.8 Å². The number of carbonyl (C=O) groups is 1. The fraction of sp³-hybridized carbons (Fsp3) is 0.222. The van der Waals surface area contributed by atoms with Crippen LogP contribution in [-0.2, 0) is 6.54 Å². The van der Waals surface area contributed by atoms with Gasteiger partial charge in [0.25, 0.3) is 5.91 Å². The number of methoxy groups -OCH3 is 3. The molecule has 0 unspecified atom stereocenters. The highest BCUT2D eigenvalue weighted by molar-refractivity contribution is 5.95. The van der Waals surface area contributed by atoms with E-state index in [4.69, 9.17) is 14.2 Å². The van der Waals surface area contributed by atoms with E-state index in [0.717, 1.165) is 11.4 Å². The Bertz CT molecular complexity index is 902. The lowest BCUT2D eigenvalue weighted by Crippen LogP contribution is -2.24. The molecule has 0 radical (unpaired) electrons. The quantitative estimate of drug-likeness (QED) is 0.675. The van der Waals surface area contributed by atoms with E-state index in [9.17, 15) is 4.79 Å². The van der Waals surface area contributed by atoms with Gasteiger partial charge in [0.05, 0.1) is 33.6 Å². The van der Waals surface area contributed by atoms with Gasteiger partial charge in [0.1, 0.15) is 17.2 Å². The molecule has 0 aliphatic rings. The number of ether oxygens (including phenoxy) is 3. The molecule has 1 amide bonds. The minimum Gasteiger partial charge on any atom is -0.497 e. The second-order valence-electron chi connectivity index (χ2n) is 5.49. The third kappa shape index (κ3) is 4.14. The summed E-state index contributed by atoms with van der Waals surface area (Å²) in [6, 6.07) is 12.2. The van der Waals surface area contributed by atoms with Crippen molar-refractivity contribution in [1.82, 2.24) is 25.5 Å². The van der Waals surface area contributed by atoms with Gasteiger partial charge >= 0.3 is 0 Å². The van der Waals surface area contributed by atoms with Gasteiger partial charge in [-0.15, -0.1) is 5.10 Å². The molecule has 0 saturated carbocycles. The molecule has 0 spiro atoms. The average molecular weight is 369 g/mol. The second kappa shape index (κ2) is 8.17. The van der Waals surface area contributed by atoms with E-state index in [2.05, 4.69) is 20.8 Å². The summed E-state index contributed by atoms with van der Waals surface area (Å²) in [4.78, 5) is 12.5. The Balaban J connectivity index is 1.74. The van der Waals surface area contributed by atoms with Crippen molar-refractivity contribution in [2.24, 2.45) is 0 Å². The van der Waals surface area contributed by atoms with Gasteiger partial charge in [-0.2, -0.15) is 4.68 Å². The van der Waals surface area contributed by atoms with Gasteiger partial charge in [0.2, 0.25) is 0 Å². The molecule has 9 heteroatoms. The zero-order chi connectivity index (χ0) is 19.2. The predicted octanol–water partition coefficient (Wildman–Crippen LogP) is 1.62. The molecule has 0 aliphatic carbocycles. The first kappa shape index (κ1) is 18.2. The van der Waals surface area contributed by atoms with E-state index in [1.807, 2.05) is 24.3 Å². The lowest BCUT2D eigenvalue weighted by atomic mass is 10.2. The molecule has 0 fully saturated rings. The van der Waals surface area contributed by atoms with Crippen molar-refractivity contribution in [2.75, 3.05) is 21.3 Å². The molecule has 1 heterocycles. The van der Waals surface area contributed by atoms with Crippen LogP contribution in [-0.4, -0.2) is 47.4 Å². The Morgan fingerprint density at radius 1 is 0.963 bits per heavy atom. The number of hydrogen-bond acceptors (Lipinski definition) is 7. The van der Waals surface area contributed by atoms with Gasteiger partial charge in [0.15, 0.2) is 5.82 Å². The summed E-state index contributed by atoms with van der Waals surface area (Å²) < 4.78 is 17.1. The number of rotatable bonds is 7. The predicted molar refractivity (Wildman–Crippen MR) is 96.4 cm³/mol. The summed E-state index contributed by atoms with van der Waals surface area (Å²) in [6.45, 7) is 0.150. The molecule has 9 nitrogen and oxygen atoms in total. The first-order valence-electron chi connectivity index (χ1n) is 8.07. The highest BCUT2D eigenvalue weighted by Gasteiger charge is 2.13. The highest BCUT2D eigenvalue weighted by atomic mass is 16.5.